The first kappa shape index (κ1) is 16.5. The second kappa shape index (κ2) is 7.94. The standard InChI is InChI=1S/C17H15FN2O3S/c18-13-6-8-15(9-7-13)22-10-14(21)11-24-17-20-19-16(23-17)12-4-2-1-3-5-12/h1-9,14,21H,10-11H2. The molecular weight excluding hydrogens is 331 g/mol. The summed E-state index contributed by atoms with van der Waals surface area (Å²) in [4.78, 5) is 0. The molecule has 0 aliphatic carbocycles. The topological polar surface area (TPSA) is 68.4 Å². The molecule has 0 spiro atoms. The minimum absolute atomic E-state index is 0.0955. The van der Waals surface area contributed by atoms with Gasteiger partial charge in [0.25, 0.3) is 5.22 Å². The molecule has 0 saturated heterocycles. The monoisotopic (exact) mass is 346 g/mol. The number of hydrogen-bond donors (Lipinski definition) is 1. The molecule has 1 unspecified atom stereocenters. The maximum atomic E-state index is 12.8. The van der Waals surface area contributed by atoms with Crippen LogP contribution in [0, 0.1) is 5.82 Å². The number of ether oxygens (including phenoxy) is 1. The van der Waals surface area contributed by atoms with Crippen LogP contribution in [0.15, 0.2) is 64.2 Å². The molecule has 1 atom stereocenters. The fourth-order valence-corrected chi connectivity index (χ4v) is 2.57. The molecule has 5 nitrogen and oxygen atoms in total. The van der Waals surface area contributed by atoms with Crippen molar-refractivity contribution in [2.24, 2.45) is 0 Å². The lowest BCUT2D eigenvalue weighted by Gasteiger charge is -2.10. The Bertz CT molecular complexity index is 765. The van der Waals surface area contributed by atoms with Crippen LogP contribution in [0.3, 0.4) is 0 Å². The fraction of sp³-hybridized carbons (Fsp3) is 0.176. The van der Waals surface area contributed by atoms with Crippen molar-refractivity contribution in [3.8, 4) is 17.2 Å². The van der Waals surface area contributed by atoms with Gasteiger partial charge in [-0.05, 0) is 36.4 Å². The summed E-state index contributed by atoms with van der Waals surface area (Å²) in [6.45, 7) is 0.0955. The van der Waals surface area contributed by atoms with Crippen molar-refractivity contribution < 1.29 is 18.7 Å². The largest absolute Gasteiger partial charge is 0.491 e. The molecule has 1 N–H and O–H groups in total. The van der Waals surface area contributed by atoms with Crippen molar-refractivity contribution in [1.82, 2.24) is 10.2 Å². The number of aromatic nitrogens is 2. The SMILES string of the molecule is OC(COc1ccc(F)cc1)CSc1nnc(-c2ccccc2)o1. The van der Waals surface area contributed by atoms with Gasteiger partial charge in [-0.1, -0.05) is 30.0 Å². The molecule has 0 aliphatic rings. The minimum atomic E-state index is -0.716. The molecule has 0 bridgehead atoms. The van der Waals surface area contributed by atoms with E-state index in [-0.39, 0.29) is 12.4 Å². The number of hydrogen-bond acceptors (Lipinski definition) is 6. The van der Waals surface area contributed by atoms with Crippen molar-refractivity contribution in [2.45, 2.75) is 11.3 Å². The van der Waals surface area contributed by atoms with Crippen LogP contribution in [0.5, 0.6) is 5.75 Å². The number of rotatable bonds is 7. The average molecular weight is 346 g/mol. The van der Waals surface area contributed by atoms with Crippen LogP contribution in [-0.2, 0) is 0 Å². The Kier molecular flexibility index (Phi) is 5.45. The summed E-state index contributed by atoms with van der Waals surface area (Å²) >= 11 is 1.25. The highest BCUT2D eigenvalue weighted by Gasteiger charge is 2.12. The molecule has 0 fully saturated rings. The summed E-state index contributed by atoms with van der Waals surface area (Å²) in [6, 6.07) is 15.1. The first-order valence-electron chi connectivity index (χ1n) is 7.29. The summed E-state index contributed by atoms with van der Waals surface area (Å²) in [5, 5.41) is 18.2. The number of benzene rings is 2. The lowest BCUT2D eigenvalue weighted by atomic mass is 10.2. The van der Waals surface area contributed by atoms with E-state index in [4.69, 9.17) is 9.15 Å². The zero-order valence-corrected chi connectivity index (χ0v) is 13.4. The summed E-state index contributed by atoms with van der Waals surface area (Å²) in [5.41, 5.74) is 0.844. The molecule has 0 saturated carbocycles. The van der Waals surface area contributed by atoms with Crippen LogP contribution in [0.1, 0.15) is 0 Å². The summed E-state index contributed by atoms with van der Waals surface area (Å²) in [6.07, 6.45) is -0.716. The van der Waals surface area contributed by atoms with Gasteiger partial charge in [-0.25, -0.2) is 4.39 Å². The summed E-state index contributed by atoms with van der Waals surface area (Å²) < 4.78 is 23.7. The molecule has 0 aliphatic heterocycles. The van der Waals surface area contributed by atoms with E-state index in [1.807, 2.05) is 30.3 Å². The normalized spacial score (nSPS) is 12.1. The second-order valence-electron chi connectivity index (χ2n) is 4.97. The summed E-state index contributed by atoms with van der Waals surface area (Å²) in [7, 11) is 0. The zero-order valence-electron chi connectivity index (χ0n) is 12.6. The molecule has 7 heteroatoms. The Hall–Kier alpha value is -2.38. The molecule has 124 valence electrons. The molecule has 0 radical (unpaired) electrons. The first-order valence-corrected chi connectivity index (χ1v) is 8.27. The third-order valence-corrected chi connectivity index (χ3v) is 4.05. The first-order chi connectivity index (χ1) is 11.7. The van der Waals surface area contributed by atoms with E-state index in [1.165, 1.54) is 36.0 Å². The lowest BCUT2D eigenvalue weighted by Crippen LogP contribution is -2.20. The Labute approximate surface area is 142 Å². The molecule has 3 rings (SSSR count). The van der Waals surface area contributed by atoms with Crippen molar-refractivity contribution in [3.05, 3.63) is 60.4 Å². The Balaban J connectivity index is 1.47. The lowest BCUT2D eigenvalue weighted by molar-refractivity contribution is 0.126. The quantitative estimate of drug-likeness (QED) is 0.661. The van der Waals surface area contributed by atoms with Crippen LogP contribution >= 0.6 is 11.8 Å². The van der Waals surface area contributed by atoms with Crippen LogP contribution in [0.4, 0.5) is 4.39 Å². The Morgan fingerprint density at radius 1 is 1.08 bits per heavy atom. The van der Waals surface area contributed by atoms with E-state index in [0.29, 0.717) is 22.6 Å². The van der Waals surface area contributed by atoms with Gasteiger partial charge in [0, 0.05) is 11.3 Å². The van der Waals surface area contributed by atoms with Crippen molar-refractivity contribution >= 4 is 11.8 Å². The molecular formula is C17H15FN2O3S. The zero-order chi connectivity index (χ0) is 16.8. The van der Waals surface area contributed by atoms with Gasteiger partial charge < -0.3 is 14.3 Å². The number of halogens is 1. The number of nitrogens with zero attached hydrogens (tertiary/aromatic N) is 2. The van der Waals surface area contributed by atoms with Gasteiger partial charge in [0.1, 0.15) is 18.2 Å². The van der Waals surface area contributed by atoms with Crippen LogP contribution in [0.2, 0.25) is 0 Å². The van der Waals surface area contributed by atoms with Crippen molar-refractivity contribution in [3.63, 3.8) is 0 Å². The molecule has 1 aromatic heterocycles. The molecule has 1 heterocycles. The van der Waals surface area contributed by atoms with Gasteiger partial charge in [0.15, 0.2) is 0 Å². The smallest absolute Gasteiger partial charge is 0.276 e. The minimum Gasteiger partial charge on any atom is -0.491 e. The van der Waals surface area contributed by atoms with Crippen molar-refractivity contribution in [2.75, 3.05) is 12.4 Å². The average Bonchev–Trinajstić information content (AvgIpc) is 3.09. The van der Waals surface area contributed by atoms with E-state index in [1.54, 1.807) is 0 Å². The van der Waals surface area contributed by atoms with Gasteiger partial charge in [-0.2, -0.15) is 0 Å². The van der Waals surface area contributed by atoms with E-state index in [0.717, 1.165) is 5.56 Å². The van der Waals surface area contributed by atoms with E-state index >= 15 is 0 Å². The highest BCUT2D eigenvalue weighted by Crippen LogP contribution is 2.23. The highest BCUT2D eigenvalue weighted by molar-refractivity contribution is 7.99. The van der Waals surface area contributed by atoms with E-state index < -0.39 is 6.10 Å². The highest BCUT2D eigenvalue weighted by atomic mass is 32.2. The third kappa shape index (κ3) is 4.56. The maximum Gasteiger partial charge on any atom is 0.276 e. The summed E-state index contributed by atoms with van der Waals surface area (Å²) in [5.74, 6) is 0.960. The molecule has 24 heavy (non-hydrogen) atoms. The van der Waals surface area contributed by atoms with Gasteiger partial charge in [0.05, 0.1) is 6.10 Å². The molecule has 3 aromatic rings. The van der Waals surface area contributed by atoms with Crippen LogP contribution < -0.4 is 4.74 Å². The number of aliphatic hydroxyl groups is 1. The third-order valence-electron chi connectivity index (χ3n) is 3.08. The maximum absolute atomic E-state index is 12.8. The van der Waals surface area contributed by atoms with Gasteiger partial charge in [-0.15, -0.1) is 10.2 Å². The molecule has 0 amide bonds. The van der Waals surface area contributed by atoms with Gasteiger partial charge in [0.2, 0.25) is 5.89 Å². The predicted molar refractivity (Wildman–Crippen MR) is 88.4 cm³/mol. The molecule has 2 aromatic carbocycles. The number of aliphatic hydroxyl groups excluding tert-OH is 1. The van der Waals surface area contributed by atoms with Gasteiger partial charge in [-0.3, -0.25) is 0 Å². The van der Waals surface area contributed by atoms with Gasteiger partial charge >= 0.3 is 0 Å². The second-order valence-corrected chi connectivity index (χ2v) is 5.94. The van der Waals surface area contributed by atoms with E-state index in [9.17, 15) is 9.50 Å². The van der Waals surface area contributed by atoms with Crippen LogP contribution in [0.25, 0.3) is 11.5 Å². The Morgan fingerprint density at radius 3 is 2.58 bits per heavy atom. The number of thioether (sulfide) groups is 1. The van der Waals surface area contributed by atoms with E-state index in [2.05, 4.69) is 10.2 Å². The van der Waals surface area contributed by atoms with Crippen molar-refractivity contribution in [1.29, 1.82) is 0 Å². The predicted octanol–water partition coefficient (Wildman–Crippen LogP) is 3.41. The Morgan fingerprint density at radius 2 is 1.83 bits per heavy atom. The van der Waals surface area contributed by atoms with Crippen LogP contribution in [-0.4, -0.2) is 33.8 Å². The fourth-order valence-electron chi connectivity index (χ4n) is 1.90.